The number of amides is 4. The minimum Gasteiger partial charge on any atom is -0.338 e. The smallest absolute Gasteiger partial charge is 0.325 e. The van der Waals surface area contributed by atoms with Crippen molar-refractivity contribution < 1.29 is 14.4 Å². The number of nitrogens with zero attached hydrogens (tertiary/aromatic N) is 2. The number of carbonyl (C=O) groups is 3. The normalized spacial score (nSPS) is 26.5. The van der Waals surface area contributed by atoms with Crippen molar-refractivity contribution in [2.45, 2.75) is 77.3 Å². The van der Waals surface area contributed by atoms with Gasteiger partial charge in [0.2, 0.25) is 5.91 Å². The van der Waals surface area contributed by atoms with Crippen molar-refractivity contribution in [2.75, 3.05) is 13.1 Å². The number of nitrogens with one attached hydrogen (secondary N) is 1. The first kappa shape index (κ1) is 17.2. The molecule has 3 fully saturated rings. The second-order valence-electron chi connectivity index (χ2n) is 8.76. The van der Waals surface area contributed by atoms with Gasteiger partial charge < -0.3 is 10.2 Å². The van der Waals surface area contributed by atoms with E-state index in [1.807, 2.05) is 4.90 Å². The van der Waals surface area contributed by atoms with Crippen molar-refractivity contribution in [1.29, 1.82) is 0 Å². The first-order valence-corrected chi connectivity index (χ1v) is 9.15. The van der Waals surface area contributed by atoms with Crippen molar-refractivity contribution in [3.05, 3.63) is 0 Å². The summed E-state index contributed by atoms with van der Waals surface area (Å²) in [5.41, 5.74) is -0.574. The van der Waals surface area contributed by atoms with E-state index in [4.69, 9.17) is 0 Å². The average Bonchev–Trinajstić information content (AvgIpc) is 3.16. The van der Waals surface area contributed by atoms with Crippen LogP contribution in [0.2, 0.25) is 0 Å². The molecule has 0 bridgehead atoms. The van der Waals surface area contributed by atoms with Gasteiger partial charge in [-0.1, -0.05) is 33.6 Å². The summed E-state index contributed by atoms with van der Waals surface area (Å²) in [6.45, 7) is 7.14. The molecule has 2 aliphatic heterocycles. The molecular weight excluding hydrogens is 306 g/mol. The number of hydrogen-bond donors (Lipinski definition) is 1. The standard InChI is InChI=1S/C18H29N3O3/c1-17(2,3)11-13-7-6-10-20(13)14(22)12-21-15(23)18(19-16(21)24)8-4-5-9-18/h13H,4-12H2,1-3H3,(H,19,24). The van der Waals surface area contributed by atoms with Crippen LogP contribution < -0.4 is 5.32 Å². The molecule has 1 saturated carbocycles. The minimum absolute atomic E-state index is 0.0969. The first-order chi connectivity index (χ1) is 11.2. The van der Waals surface area contributed by atoms with E-state index in [-0.39, 0.29) is 29.8 Å². The van der Waals surface area contributed by atoms with Gasteiger partial charge in [0.05, 0.1) is 0 Å². The van der Waals surface area contributed by atoms with Crippen LogP contribution in [-0.4, -0.2) is 52.3 Å². The second kappa shape index (κ2) is 6.05. The molecule has 4 amide bonds. The van der Waals surface area contributed by atoms with Gasteiger partial charge in [-0.05, 0) is 37.5 Å². The summed E-state index contributed by atoms with van der Waals surface area (Å²) in [6, 6.07) is -0.180. The molecule has 0 radical (unpaired) electrons. The van der Waals surface area contributed by atoms with Crippen molar-refractivity contribution in [3.63, 3.8) is 0 Å². The van der Waals surface area contributed by atoms with Gasteiger partial charge in [-0.25, -0.2) is 4.79 Å². The summed E-state index contributed by atoms with van der Waals surface area (Å²) in [4.78, 5) is 40.7. The van der Waals surface area contributed by atoms with Crippen LogP contribution >= 0.6 is 0 Å². The molecule has 0 aromatic heterocycles. The van der Waals surface area contributed by atoms with Crippen LogP contribution in [0.1, 0.15) is 65.7 Å². The molecule has 3 rings (SSSR count). The van der Waals surface area contributed by atoms with Gasteiger partial charge in [-0.15, -0.1) is 0 Å². The first-order valence-electron chi connectivity index (χ1n) is 9.15. The van der Waals surface area contributed by atoms with Crippen LogP contribution in [0, 0.1) is 5.41 Å². The largest absolute Gasteiger partial charge is 0.338 e. The fourth-order valence-electron chi connectivity index (χ4n) is 4.45. The second-order valence-corrected chi connectivity index (χ2v) is 8.76. The maximum Gasteiger partial charge on any atom is 0.325 e. The fraction of sp³-hybridized carbons (Fsp3) is 0.833. The van der Waals surface area contributed by atoms with Crippen LogP contribution in [0.3, 0.4) is 0 Å². The van der Waals surface area contributed by atoms with Gasteiger partial charge in [0.1, 0.15) is 12.1 Å². The Balaban J connectivity index is 1.66. The Bertz CT molecular complexity index is 546. The highest BCUT2D eigenvalue weighted by Crippen LogP contribution is 2.35. The van der Waals surface area contributed by atoms with Gasteiger partial charge in [-0.3, -0.25) is 14.5 Å². The molecule has 1 spiro atoms. The molecule has 1 unspecified atom stereocenters. The highest BCUT2D eigenvalue weighted by Gasteiger charge is 2.53. The van der Waals surface area contributed by atoms with E-state index < -0.39 is 11.6 Å². The summed E-state index contributed by atoms with van der Waals surface area (Å²) in [6.07, 6.45) is 6.24. The van der Waals surface area contributed by atoms with E-state index in [1.54, 1.807) is 0 Å². The molecule has 2 saturated heterocycles. The molecule has 3 aliphatic rings. The predicted octanol–water partition coefficient (Wildman–Crippen LogP) is 2.28. The molecule has 24 heavy (non-hydrogen) atoms. The SMILES string of the molecule is CC(C)(C)CC1CCCN1C(=O)CN1C(=O)NC2(CCCC2)C1=O. The van der Waals surface area contributed by atoms with E-state index in [1.165, 1.54) is 0 Å². The molecular formula is C18H29N3O3. The van der Waals surface area contributed by atoms with Crippen molar-refractivity contribution in [1.82, 2.24) is 15.1 Å². The fourth-order valence-corrected chi connectivity index (χ4v) is 4.45. The van der Waals surface area contributed by atoms with Gasteiger partial charge in [0.15, 0.2) is 0 Å². The van der Waals surface area contributed by atoms with E-state index in [9.17, 15) is 14.4 Å². The van der Waals surface area contributed by atoms with Crippen LogP contribution in [0.25, 0.3) is 0 Å². The maximum atomic E-state index is 12.7. The summed E-state index contributed by atoms with van der Waals surface area (Å²) in [7, 11) is 0. The summed E-state index contributed by atoms with van der Waals surface area (Å²) in [5, 5.41) is 2.84. The Kier molecular flexibility index (Phi) is 4.34. The number of urea groups is 1. The van der Waals surface area contributed by atoms with Gasteiger partial charge in [-0.2, -0.15) is 0 Å². The topological polar surface area (TPSA) is 69.7 Å². The van der Waals surface area contributed by atoms with E-state index in [0.717, 1.165) is 43.5 Å². The number of carbonyl (C=O) groups excluding carboxylic acids is 3. The third-order valence-electron chi connectivity index (χ3n) is 5.54. The summed E-state index contributed by atoms with van der Waals surface area (Å²) < 4.78 is 0. The molecule has 0 aromatic rings. The zero-order chi connectivity index (χ0) is 17.5. The Morgan fingerprint density at radius 1 is 1.21 bits per heavy atom. The lowest BCUT2D eigenvalue weighted by molar-refractivity contribution is -0.139. The van der Waals surface area contributed by atoms with Gasteiger partial charge in [0.25, 0.3) is 5.91 Å². The Morgan fingerprint density at radius 2 is 1.88 bits per heavy atom. The average molecular weight is 335 g/mol. The van der Waals surface area contributed by atoms with E-state index in [2.05, 4.69) is 26.1 Å². The Morgan fingerprint density at radius 3 is 2.50 bits per heavy atom. The highest BCUT2D eigenvalue weighted by molar-refractivity contribution is 6.09. The number of rotatable bonds is 3. The number of hydrogen-bond acceptors (Lipinski definition) is 3. The monoisotopic (exact) mass is 335 g/mol. The summed E-state index contributed by atoms with van der Waals surface area (Å²) >= 11 is 0. The summed E-state index contributed by atoms with van der Waals surface area (Å²) in [5.74, 6) is -0.301. The maximum absolute atomic E-state index is 12.7. The van der Waals surface area contributed by atoms with E-state index in [0.29, 0.717) is 12.8 Å². The third kappa shape index (κ3) is 3.15. The zero-order valence-electron chi connectivity index (χ0n) is 15.1. The van der Waals surface area contributed by atoms with Crippen molar-refractivity contribution in [2.24, 2.45) is 5.41 Å². The third-order valence-corrected chi connectivity index (χ3v) is 5.54. The van der Waals surface area contributed by atoms with Crippen LogP contribution in [-0.2, 0) is 9.59 Å². The molecule has 0 aromatic carbocycles. The number of imide groups is 1. The van der Waals surface area contributed by atoms with Gasteiger partial charge >= 0.3 is 6.03 Å². The van der Waals surface area contributed by atoms with Crippen LogP contribution in [0.5, 0.6) is 0 Å². The molecule has 2 heterocycles. The van der Waals surface area contributed by atoms with Crippen molar-refractivity contribution in [3.8, 4) is 0 Å². The highest BCUT2D eigenvalue weighted by atomic mass is 16.2. The molecule has 1 atom stereocenters. The molecule has 134 valence electrons. The lowest BCUT2D eigenvalue weighted by Gasteiger charge is -2.31. The minimum atomic E-state index is -0.729. The molecule has 1 aliphatic carbocycles. The zero-order valence-corrected chi connectivity index (χ0v) is 15.1. The lowest BCUT2D eigenvalue weighted by atomic mass is 9.87. The van der Waals surface area contributed by atoms with Crippen LogP contribution in [0.15, 0.2) is 0 Å². The quantitative estimate of drug-likeness (QED) is 0.805. The van der Waals surface area contributed by atoms with E-state index >= 15 is 0 Å². The number of likely N-dealkylation sites (tertiary alicyclic amines) is 1. The Labute approximate surface area is 143 Å². The lowest BCUT2D eigenvalue weighted by Crippen LogP contribution is -2.47. The predicted molar refractivity (Wildman–Crippen MR) is 90.3 cm³/mol. The van der Waals surface area contributed by atoms with Crippen LogP contribution in [0.4, 0.5) is 4.79 Å². The molecule has 6 heteroatoms. The van der Waals surface area contributed by atoms with Gasteiger partial charge in [0, 0.05) is 12.6 Å². The molecule has 6 nitrogen and oxygen atoms in total. The van der Waals surface area contributed by atoms with Crippen molar-refractivity contribution >= 4 is 17.8 Å². The Hall–Kier alpha value is -1.59. The molecule has 1 N–H and O–H groups in total.